The molecule has 1 aromatic carbocycles. The smallest absolute Gasteiger partial charge is 0.0236 e. The van der Waals surface area contributed by atoms with Gasteiger partial charge in [-0.25, -0.2) is 0 Å². The van der Waals surface area contributed by atoms with Gasteiger partial charge in [0.15, 0.2) is 0 Å². The summed E-state index contributed by atoms with van der Waals surface area (Å²) < 4.78 is 0. The first-order valence-electron chi connectivity index (χ1n) is 6.20. The first-order chi connectivity index (χ1) is 7.38. The van der Waals surface area contributed by atoms with Gasteiger partial charge >= 0.3 is 0 Å². The van der Waals surface area contributed by atoms with Crippen molar-refractivity contribution in [3.8, 4) is 0 Å². The largest absolute Gasteiger partial charge is 0.299 e. The molecule has 0 saturated carbocycles. The SMILES string of the molecule is CC1Cc2cc(C(C)(C)C)ccc2CN1C. The lowest BCUT2D eigenvalue weighted by atomic mass is 9.83. The molecule has 1 nitrogen and oxygen atoms in total. The molecule has 1 unspecified atom stereocenters. The van der Waals surface area contributed by atoms with Gasteiger partial charge in [0.1, 0.15) is 0 Å². The van der Waals surface area contributed by atoms with Gasteiger partial charge in [-0.15, -0.1) is 0 Å². The van der Waals surface area contributed by atoms with Crippen molar-refractivity contribution in [1.82, 2.24) is 4.90 Å². The second-order valence-corrected chi connectivity index (χ2v) is 6.20. The van der Waals surface area contributed by atoms with Crippen molar-refractivity contribution in [2.75, 3.05) is 7.05 Å². The van der Waals surface area contributed by atoms with Crippen LogP contribution in [0.5, 0.6) is 0 Å². The van der Waals surface area contributed by atoms with Gasteiger partial charge in [-0.05, 0) is 42.5 Å². The van der Waals surface area contributed by atoms with Crippen molar-refractivity contribution in [2.24, 2.45) is 0 Å². The van der Waals surface area contributed by atoms with Gasteiger partial charge in [0.25, 0.3) is 0 Å². The Balaban J connectivity index is 2.37. The minimum Gasteiger partial charge on any atom is -0.299 e. The van der Waals surface area contributed by atoms with Crippen molar-refractivity contribution < 1.29 is 0 Å². The van der Waals surface area contributed by atoms with Crippen molar-refractivity contribution in [3.05, 3.63) is 34.9 Å². The van der Waals surface area contributed by atoms with Crippen LogP contribution in [0.1, 0.15) is 44.4 Å². The van der Waals surface area contributed by atoms with E-state index < -0.39 is 0 Å². The predicted octanol–water partition coefficient (Wildman–Crippen LogP) is 3.36. The van der Waals surface area contributed by atoms with Crippen LogP contribution in [0.25, 0.3) is 0 Å². The summed E-state index contributed by atoms with van der Waals surface area (Å²) in [5.41, 5.74) is 4.79. The molecule has 1 heteroatoms. The molecule has 0 radical (unpaired) electrons. The Bertz CT molecular complexity index is 387. The molecule has 0 bridgehead atoms. The van der Waals surface area contributed by atoms with Gasteiger partial charge in [-0.3, -0.25) is 4.90 Å². The van der Waals surface area contributed by atoms with Crippen molar-refractivity contribution in [3.63, 3.8) is 0 Å². The Labute approximate surface area is 99.5 Å². The Morgan fingerprint density at radius 1 is 1.19 bits per heavy atom. The second-order valence-electron chi connectivity index (χ2n) is 6.20. The third kappa shape index (κ3) is 2.15. The van der Waals surface area contributed by atoms with Gasteiger partial charge in [-0.2, -0.15) is 0 Å². The molecule has 0 spiro atoms. The number of likely N-dealkylation sites (N-methyl/N-ethyl adjacent to an activating group) is 1. The van der Waals surface area contributed by atoms with E-state index in [0.717, 1.165) is 6.54 Å². The lowest BCUT2D eigenvalue weighted by Crippen LogP contribution is -2.35. The summed E-state index contributed by atoms with van der Waals surface area (Å²) in [5, 5.41) is 0. The van der Waals surface area contributed by atoms with Gasteiger partial charge in [0, 0.05) is 12.6 Å². The molecule has 0 aliphatic carbocycles. The lowest BCUT2D eigenvalue weighted by molar-refractivity contribution is 0.231. The number of rotatable bonds is 0. The van der Waals surface area contributed by atoms with Crippen LogP contribution < -0.4 is 0 Å². The fourth-order valence-corrected chi connectivity index (χ4v) is 2.34. The molecule has 1 aliphatic rings. The van der Waals surface area contributed by atoms with E-state index in [0.29, 0.717) is 6.04 Å². The molecule has 0 aromatic heterocycles. The number of hydrogen-bond acceptors (Lipinski definition) is 1. The van der Waals surface area contributed by atoms with Crippen molar-refractivity contribution >= 4 is 0 Å². The van der Waals surface area contributed by atoms with E-state index in [2.05, 4.69) is 57.8 Å². The summed E-state index contributed by atoms with van der Waals surface area (Å²) in [6.45, 7) is 10.3. The molecule has 1 aliphatic heterocycles. The standard InChI is InChI=1S/C15H23N/c1-11-8-13-9-14(15(2,3)4)7-6-12(13)10-16(11)5/h6-7,9,11H,8,10H2,1-5H3. The van der Waals surface area contributed by atoms with Gasteiger partial charge in [0.05, 0.1) is 0 Å². The zero-order chi connectivity index (χ0) is 11.9. The molecule has 0 amide bonds. The first-order valence-corrected chi connectivity index (χ1v) is 6.20. The lowest BCUT2D eigenvalue weighted by Gasteiger charge is -2.33. The Hall–Kier alpha value is -0.820. The zero-order valence-corrected chi connectivity index (χ0v) is 11.2. The van der Waals surface area contributed by atoms with Gasteiger partial charge < -0.3 is 0 Å². The minimum atomic E-state index is 0.265. The molecule has 1 atom stereocenters. The topological polar surface area (TPSA) is 3.24 Å². The average Bonchev–Trinajstić information content (AvgIpc) is 2.17. The summed E-state index contributed by atoms with van der Waals surface area (Å²) in [6.07, 6.45) is 1.19. The normalized spacial score (nSPS) is 21.9. The highest BCUT2D eigenvalue weighted by atomic mass is 15.1. The first kappa shape index (κ1) is 11.7. The molecule has 1 heterocycles. The average molecular weight is 217 g/mol. The van der Waals surface area contributed by atoms with Crippen LogP contribution in [0.15, 0.2) is 18.2 Å². The van der Waals surface area contributed by atoms with Gasteiger partial charge in [0.2, 0.25) is 0 Å². The number of nitrogens with zero attached hydrogens (tertiary/aromatic N) is 1. The third-order valence-corrected chi connectivity index (χ3v) is 3.76. The summed E-state index contributed by atoms with van der Waals surface area (Å²) >= 11 is 0. The maximum Gasteiger partial charge on any atom is 0.0236 e. The van der Waals surface area contributed by atoms with Crippen molar-refractivity contribution in [1.29, 1.82) is 0 Å². The fourth-order valence-electron chi connectivity index (χ4n) is 2.34. The van der Waals surface area contributed by atoms with Crippen LogP contribution in [0.3, 0.4) is 0 Å². The molecule has 2 rings (SSSR count). The highest BCUT2D eigenvalue weighted by molar-refractivity contribution is 5.37. The maximum absolute atomic E-state index is 2.43. The zero-order valence-electron chi connectivity index (χ0n) is 11.2. The maximum atomic E-state index is 2.43. The number of benzene rings is 1. The van der Waals surface area contributed by atoms with Crippen LogP contribution in [0.2, 0.25) is 0 Å². The van der Waals surface area contributed by atoms with E-state index in [1.54, 1.807) is 5.56 Å². The molecular formula is C15H23N. The van der Waals surface area contributed by atoms with E-state index >= 15 is 0 Å². The summed E-state index contributed by atoms with van der Waals surface area (Å²) in [7, 11) is 2.21. The molecule has 0 fully saturated rings. The van der Waals surface area contributed by atoms with Crippen LogP contribution in [0, 0.1) is 0 Å². The quantitative estimate of drug-likeness (QED) is 0.644. The molecule has 88 valence electrons. The second kappa shape index (κ2) is 3.89. The number of hydrogen-bond donors (Lipinski definition) is 0. The molecule has 0 saturated heterocycles. The Morgan fingerprint density at radius 3 is 2.50 bits per heavy atom. The molecule has 16 heavy (non-hydrogen) atoms. The number of fused-ring (bicyclic) bond motifs is 1. The Morgan fingerprint density at radius 2 is 1.88 bits per heavy atom. The van der Waals surface area contributed by atoms with Crippen LogP contribution in [-0.2, 0) is 18.4 Å². The fraction of sp³-hybridized carbons (Fsp3) is 0.600. The monoisotopic (exact) mass is 217 g/mol. The highest BCUT2D eigenvalue weighted by Crippen LogP contribution is 2.28. The minimum absolute atomic E-state index is 0.265. The highest BCUT2D eigenvalue weighted by Gasteiger charge is 2.22. The van der Waals surface area contributed by atoms with Gasteiger partial charge in [-0.1, -0.05) is 39.0 Å². The summed E-state index contributed by atoms with van der Waals surface area (Å²) in [6, 6.07) is 7.70. The van der Waals surface area contributed by atoms with E-state index in [-0.39, 0.29) is 5.41 Å². The summed E-state index contributed by atoms with van der Waals surface area (Å²) in [4.78, 5) is 2.43. The van der Waals surface area contributed by atoms with E-state index in [4.69, 9.17) is 0 Å². The molecule has 1 aromatic rings. The van der Waals surface area contributed by atoms with E-state index in [1.807, 2.05) is 0 Å². The van der Waals surface area contributed by atoms with E-state index in [1.165, 1.54) is 17.5 Å². The van der Waals surface area contributed by atoms with Crippen LogP contribution in [0.4, 0.5) is 0 Å². The Kier molecular flexibility index (Phi) is 2.83. The predicted molar refractivity (Wildman–Crippen MR) is 69.8 cm³/mol. The molecular weight excluding hydrogens is 194 g/mol. The van der Waals surface area contributed by atoms with Crippen LogP contribution >= 0.6 is 0 Å². The van der Waals surface area contributed by atoms with E-state index in [9.17, 15) is 0 Å². The summed E-state index contributed by atoms with van der Waals surface area (Å²) in [5.74, 6) is 0. The van der Waals surface area contributed by atoms with Crippen molar-refractivity contribution in [2.45, 2.75) is 52.1 Å². The third-order valence-electron chi connectivity index (χ3n) is 3.76. The van der Waals surface area contributed by atoms with Crippen LogP contribution in [-0.4, -0.2) is 18.0 Å². The molecule has 0 N–H and O–H groups in total.